The first-order chi connectivity index (χ1) is 10.4. The minimum Gasteiger partial charge on any atom is -0.353 e. The molecule has 23 heavy (non-hydrogen) atoms. The Hall–Kier alpha value is -0.280. The summed E-state index contributed by atoms with van der Waals surface area (Å²) in [6.45, 7) is 11.5. The van der Waals surface area contributed by atoms with Crippen LogP contribution in [0.5, 0.6) is 0 Å². The Morgan fingerprint density at radius 2 is 1.74 bits per heavy atom. The highest BCUT2D eigenvalue weighted by Crippen LogP contribution is 2.38. The molecule has 2 rings (SSSR count). The molecule has 0 aromatic rings. The molecule has 3 atom stereocenters. The number of amides is 1. The summed E-state index contributed by atoms with van der Waals surface area (Å²) in [5, 5.41) is 6.80. The topological polar surface area (TPSA) is 41.1 Å². The third-order valence-corrected chi connectivity index (χ3v) is 5.92. The normalized spacial score (nSPS) is 27.8. The van der Waals surface area contributed by atoms with Gasteiger partial charge in [0.15, 0.2) is 0 Å². The van der Waals surface area contributed by atoms with Crippen molar-refractivity contribution in [2.24, 2.45) is 23.2 Å². The molecule has 2 aliphatic rings. The number of hydrogen-bond donors (Lipinski definition) is 2. The van der Waals surface area contributed by atoms with Crippen molar-refractivity contribution in [2.75, 3.05) is 13.1 Å². The van der Waals surface area contributed by atoms with Gasteiger partial charge >= 0.3 is 0 Å². The molecule has 3 nitrogen and oxygen atoms in total. The summed E-state index contributed by atoms with van der Waals surface area (Å²) in [4.78, 5) is 12.5. The second kappa shape index (κ2) is 9.27. The Labute approximate surface area is 149 Å². The van der Waals surface area contributed by atoms with Gasteiger partial charge in [-0.15, -0.1) is 12.4 Å². The van der Waals surface area contributed by atoms with Gasteiger partial charge in [-0.2, -0.15) is 0 Å². The first kappa shape index (κ1) is 20.8. The Kier molecular flexibility index (Phi) is 8.37. The molecule has 0 aromatic carbocycles. The Morgan fingerprint density at radius 3 is 2.35 bits per heavy atom. The first-order valence-electron chi connectivity index (χ1n) is 9.38. The minimum atomic E-state index is 0. The molecule has 136 valence electrons. The number of nitrogens with one attached hydrogen (secondary N) is 2. The van der Waals surface area contributed by atoms with Crippen LogP contribution in [0.3, 0.4) is 0 Å². The fourth-order valence-corrected chi connectivity index (χ4v) is 4.48. The lowest BCUT2D eigenvalue weighted by Gasteiger charge is -2.41. The van der Waals surface area contributed by atoms with Crippen LogP contribution in [0.1, 0.15) is 72.6 Å². The van der Waals surface area contributed by atoms with E-state index >= 15 is 0 Å². The minimum absolute atomic E-state index is 0. The van der Waals surface area contributed by atoms with Crippen molar-refractivity contribution in [1.82, 2.24) is 10.6 Å². The lowest BCUT2D eigenvalue weighted by Crippen LogP contribution is -2.47. The van der Waals surface area contributed by atoms with Crippen molar-refractivity contribution in [1.29, 1.82) is 0 Å². The van der Waals surface area contributed by atoms with E-state index in [2.05, 4.69) is 38.3 Å². The fraction of sp³-hybridized carbons (Fsp3) is 0.947. The van der Waals surface area contributed by atoms with Gasteiger partial charge in [0.2, 0.25) is 5.91 Å². The molecule has 1 heterocycles. The van der Waals surface area contributed by atoms with E-state index in [4.69, 9.17) is 0 Å². The van der Waals surface area contributed by atoms with E-state index in [-0.39, 0.29) is 18.3 Å². The molecular weight excluding hydrogens is 308 g/mol. The van der Waals surface area contributed by atoms with Crippen molar-refractivity contribution in [3.8, 4) is 0 Å². The average Bonchev–Trinajstić information content (AvgIpc) is 2.47. The van der Waals surface area contributed by atoms with E-state index in [1.807, 2.05) is 0 Å². The third kappa shape index (κ3) is 6.26. The number of piperidine rings is 1. The van der Waals surface area contributed by atoms with Crippen LogP contribution >= 0.6 is 12.4 Å². The van der Waals surface area contributed by atoms with E-state index in [0.29, 0.717) is 29.7 Å². The van der Waals surface area contributed by atoms with Crippen molar-refractivity contribution >= 4 is 18.3 Å². The van der Waals surface area contributed by atoms with Crippen molar-refractivity contribution in [2.45, 2.75) is 78.7 Å². The van der Waals surface area contributed by atoms with Gasteiger partial charge in [-0.05, 0) is 61.9 Å². The van der Waals surface area contributed by atoms with Crippen molar-refractivity contribution in [3.05, 3.63) is 0 Å². The molecule has 3 unspecified atom stereocenters. The van der Waals surface area contributed by atoms with Crippen LogP contribution in [-0.2, 0) is 4.79 Å². The second-order valence-electron chi connectivity index (χ2n) is 8.70. The molecule has 0 bridgehead atoms. The molecule has 2 N–H and O–H groups in total. The largest absolute Gasteiger partial charge is 0.353 e. The molecule has 4 heteroatoms. The zero-order valence-electron chi connectivity index (χ0n) is 15.5. The molecular formula is C19H37ClN2O. The van der Waals surface area contributed by atoms with Crippen LogP contribution in [0.4, 0.5) is 0 Å². The summed E-state index contributed by atoms with van der Waals surface area (Å²) >= 11 is 0. The van der Waals surface area contributed by atoms with Gasteiger partial charge in [0.25, 0.3) is 0 Å². The highest BCUT2D eigenvalue weighted by molar-refractivity contribution is 5.85. The Bertz CT molecular complexity index is 361. The zero-order valence-corrected chi connectivity index (χ0v) is 16.3. The van der Waals surface area contributed by atoms with Gasteiger partial charge in [0.05, 0.1) is 0 Å². The van der Waals surface area contributed by atoms with E-state index in [9.17, 15) is 4.79 Å². The second-order valence-corrected chi connectivity index (χ2v) is 8.70. The van der Waals surface area contributed by atoms with Crippen LogP contribution in [0.25, 0.3) is 0 Å². The summed E-state index contributed by atoms with van der Waals surface area (Å²) in [6.07, 6.45) is 8.16. The highest BCUT2D eigenvalue weighted by atomic mass is 35.5. The Balaban J connectivity index is 0.00000264. The average molecular weight is 345 g/mol. The van der Waals surface area contributed by atoms with Crippen LogP contribution in [0.2, 0.25) is 0 Å². The Morgan fingerprint density at radius 1 is 1.13 bits per heavy atom. The van der Waals surface area contributed by atoms with Gasteiger partial charge < -0.3 is 10.6 Å². The summed E-state index contributed by atoms with van der Waals surface area (Å²) in [6, 6.07) is 0.390. The third-order valence-electron chi connectivity index (χ3n) is 5.92. The molecule has 1 aliphatic heterocycles. The van der Waals surface area contributed by atoms with E-state index in [1.165, 1.54) is 32.1 Å². The number of rotatable bonds is 4. The van der Waals surface area contributed by atoms with E-state index in [1.54, 1.807) is 0 Å². The zero-order chi connectivity index (χ0) is 16.2. The SMILES string of the molecule is CC(CC(=O)NC1CCCCC1C(C)(C)C)C1CCNCC1.Cl. The quantitative estimate of drug-likeness (QED) is 0.804. The van der Waals surface area contributed by atoms with Crippen LogP contribution in [0.15, 0.2) is 0 Å². The molecule has 1 saturated heterocycles. The first-order valence-corrected chi connectivity index (χ1v) is 9.38. The van der Waals surface area contributed by atoms with Gasteiger partial charge in [0, 0.05) is 12.5 Å². The van der Waals surface area contributed by atoms with Gasteiger partial charge in [-0.25, -0.2) is 0 Å². The molecule has 0 spiro atoms. The van der Waals surface area contributed by atoms with Crippen LogP contribution < -0.4 is 10.6 Å². The maximum Gasteiger partial charge on any atom is 0.220 e. The van der Waals surface area contributed by atoms with E-state index in [0.717, 1.165) is 25.4 Å². The summed E-state index contributed by atoms with van der Waals surface area (Å²) in [5.41, 5.74) is 0.291. The molecule has 1 amide bonds. The predicted octanol–water partition coefficient (Wildman–Crippen LogP) is 4.16. The monoisotopic (exact) mass is 344 g/mol. The summed E-state index contributed by atoms with van der Waals surface area (Å²) in [5.74, 6) is 2.14. The lowest BCUT2D eigenvalue weighted by molar-refractivity contribution is -0.124. The van der Waals surface area contributed by atoms with Gasteiger partial charge in [-0.1, -0.05) is 40.5 Å². The van der Waals surface area contributed by atoms with Crippen molar-refractivity contribution < 1.29 is 4.79 Å². The van der Waals surface area contributed by atoms with Crippen LogP contribution in [0, 0.1) is 23.2 Å². The molecule has 0 aromatic heterocycles. The standard InChI is InChI=1S/C19H36N2O.ClH/c1-14(15-9-11-20-12-10-15)13-18(22)21-17-8-6-5-7-16(17)19(2,3)4;/h14-17,20H,5-13H2,1-4H3,(H,21,22);1H. The summed E-state index contributed by atoms with van der Waals surface area (Å²) < 4.78 is 0. The van der Waals surface area contributed by atoms with Gasteiger partial charge in [0.1, 0.15) is 0 Å². The predicted molar refractivity (Wildman–Crippen MR) is 100.0 cm³/mol. The fourth-order valence-electron chi connectivity index (χ4n) is 4.48. The van der Waals surface area contributed by atoms with E-state index < -0.39 is 0 Å². The highest BCUT2D eigenvalue weighted by Gasteiger charge is 2.35. The molecule has 0 radical (unpaired) electrons. The maximum absolute atomic E-state index is 12.5. The number of carbonyl (C=O) groups is 1. The maximum atomic E-state index is 12.5. The molecule has 1 saturated carbocycles. The van der Waals surface area contributed by atoms with Crippen molar-refractivity contribution in [3.63, 3.8) is 0 Å². The smallest absolute Gasteiger partial charge is 0.220 e. The number of halogens is 1. The lowest BCUT2D eigenvalue weighted by atomic mass is 9.69. The molecule has 1 aliphatic carbocycles. The summed E-state index contributed by atoms with van der Waals surface area (Å²) in [7, 11) is 0. The van der Waals surface area contributed by atoms with Gasteiger partial charge in [-0.3, -0.25) is 4.79 Å². The number of hydrogen-bond acceptors (Lipinski definition) is 2. The van der Waals surface area contributed by atoms with Crippen LogP contribution in [-0.4, -0.2) is 25.0 Å². The number of carbonyl (C=O) groups excluding carboxylic acids is 1. The molecule has 2 fully saturated rings.